The maximum Gasteiger partial charge on any atom is 0.263 e. The summed E-state index contributed by atoms with van der Waals surface area (Å²) in [6.07, 6.45) is 1.56. The Morgan fingerprint density at radius 2 is 2.15 bits per heavy atom. The van der Waals surface area contributed by atoms with Gasteiger partial charge in [-0.1, -0.05) is 17.3 Å². The van der Waals surface area contributed by atoms with E-state index in [2.05, 4.69) is 15.1 Å². The highest BCUT2D eigenvalue weighted by atomic mass is 16.5. The number of pyridine rings is 1. The van der Waals surface area contributed by atoms with Crippen LogP contribution in [0, 0.1) is 6.92 Å². The maximum absolute atomic E-state index is 11.9. The van der Waals surface area contributed by atoms with Gasteiger partial charge in [0.25, 0.3) is 5.89 Å². The van der Waals surface area contributed by atoms with Gasteiger partial charge < -0.3 is 15.2 Å². The molecular weight excluding hydrogens is 256 g/mol. The third-order valence-electron chi connectivity index (χ3n) is 2.86. The number of H-pyrrole nitrogens is 1. The number of nitrogen functional groups attached to an aromatic ring is 1. The molecule has 0 fully saturated rings. The molecule has 100 valence electrons. The first-order chi connectivity index (χ1) is 9.63. The van der Waals surface area contributed by atoms with Crippen molar-refractivity contribution in [1.82, 2.24) is 15.1 Å². The first-order valence-electron chi connectivity index (χ1n) is 6.03. The second-order valence-electron chi connectivity index (χ2n) is 4.44. The summed E-state index contributed by atoms with van der Waals surface area (Å²) < 4.78 is 5.14. The molecule has 0 spiro atoms. The Morgan fingerprint density at radius 1 is 1.30 bits per heavy atom. The Bertz CT molecular complexity index is 820. The zero-order valence-corrected chi connectivity index (χ0v) is 10.8. The van der Waals surface area contributed by atoms with Crippen LogP contribution in [-0.4, -0.2) is 15.1 Å². The second kappa shape index (κ2) is 4.65. The molecule has 6 nitrogen and oxygen atoms in total. The highest BCUT2D eigenvalue weighted by Gasteiger charge is 2.13. The molecule has 0 aliphatic carbocycles. The Morgan fingerprint density at radius 3 is 2.90 bits per heavy atom. The van der Waals surface area contributed by atoms with Crippen molar-refractivity contribution in [3.63, 3.8) is 0 Å². The van der Waals surface area contributed by atoms with E-state index in [0.29, 0.717) is 17.1 Å². The highest BCUT2D eigenvalue weighted by Crippen LogP contribution is 2.21. The molecule has 0 saturated carbocycles. The quantitative estimate of drug-likeness (QED) is 0.692. The Kier molecular flexibility index (Phi) is 2.83. The van der Waals surface area contributed by atoms with Gasteiger partial charge in [-0.05, 0) is 19.1 Å². The third kappa shape index (κ3) is 2.18. The number of nitrogens with one attached hydrogen (secondary N) is 1. The van der Waals surface area contributed by atoms with E-state index in [1.54, 1.807) is 31.3 Å². The van der Waals surface area contributed by atoms with Gasteiger partial charge in [0.2, 0.25) is 5.82 Å². The average molecular weight is 268 g/mol. The van der Waals surface area contributed by atoms with Crippen molar-refractivity contribution in [2.75, 3.05) is 5.73 Å². The first-order valence-corrected chi connectivity index (χ1v) is 6.03. The topological polar surface area (TPSA) is 97.8 Å². The van der Waals surface area contributed by atoms with Crippen LogP contribution in [0.25, 0.3) is 22.8 Å². The summed E-state index contributed by atoms with van der Waals surface area (Å²) >= 11 is 0. The van der Waals surface area contributed by atoms with Crippen LogP contribution in [0.15, 0.2) is 45.8 Å². The normalized spacial score (nSPS) is 10.7. The summed E-state index contributed by atoms with van der Waals surface area (Å²) in [6.45, 7) is 1.80. The number of hydrogen-bond acceptors (Lipinski definition) is 5. The summed E-state index contributed by atoms with van der Waals surface area (Å²) in [5.74, 6) is 0.580. The molecule has 3 rings (SSSR count). The van der Waals surface area contributed by atoms with Crippen LogP contribution >= 0.6 is 0 Å². The first kappa shape index (κ1) is 12.2. The molecule has 0 amide bonds. The lowest BCUT2D eigenvalue weighted by atomic mass is 10.2. The monoisotopic (exact) mass is 268 g/mol. The summed E-state index contributed by atoms with van der Waals surface area (Å²) in [5, 5.41) is 3.87. The van der Waals surface area contributed by atoms with E-state index in [4.69, 9.17) is 10.3 Å². The molecule has 0 aliphatic heterocycles. The number of aryl methyl sites for hydroxylation is 1. The van der Waals surface area contributed by atoms with Crippen LogP contribution in [0.4, 0.5) is 5.69 Å². The maximum atomic E-state index is 11.9. The van der Waals surface area contributed by atoms with Gasteiger partial charge in [-0.3, -0.25) is 4.79 Å². The molecule has 3 aromatic rings. The summed E-state index contributed by atoms with van der Waals surface area (Å²) in [6, 6.07) is 8.63. The average Bonchev–Trinajstić information content (AvgIpc) is 2.88. The van der Waals surface area contributed by atoms with Gasteiger partial charge in [0.15, 0.2) is 5.43 Å². The number of nitrogens with zero attached hydrogens (tertiary/aromatic N) is 2. The number of nitrogens with two attached hydrogens (primary N) is 1. The number of aromatic nitrogens is 3. The molecule has 2 heterocycles. The van der Waals surface area contributed by atoms with Gasteiger partial charge in [0.05, 0.1) is 0 Å². The molecule has 0 aliphatic rings. The molecule has 0 unspecified atom stereocenters. The van der Waals surface area contributed by atoms with Crippen LogP contribution in [0.1, 0.15) is 5.69 Å². The predicted octanol–water partition coefficient (Wildman–Crippen LogP) is 1.98. The second-order valence-corrected chi connectivity index (χ2v) is 4.44. The minimum absolute atomic E-state index is 0.163. The standard InChI is InChI=1S/C14H12N4O2/c1-8-5-12(19)11(7-16-8)14-17-13(18-20-14)9-3-2-4-10(15)6-9/h2-7H,15H2,1H3,(H,16,19). The van der Waals surface area contributed by atoms with Crippen LogP contribution < -0.4 is 11.2 Å². The SMILES string of the molecule is Cc1cc(=O)c(-c2nc(-c3cccc(N)c3)no2)c[nH]1. The van der Waals surface area contributed by atoms with E-state index in [1.807, 2.05) is 6.07 Å². The molecule has 0 saturated heterocycles. The van der Waals surface area contributed by atoms with Gasteiger partial charge in [-0.25, -0.2) is 0 Å². The zero-order chi connectivity index (χ0) is 14.1. The van der Waals surface area contributed by atoms with Crippen molar-refractivity contribution in [2.24, 2.45) is 0 Å². The van der Waals surface area contributed by atoms with E-state index in [1.165, 1.54) is 6.07 Å². The largest absolute Gasteiger partial charge is 0.399 e. The van der Waals surface area contributed by atoms with Crippen LogP contribution in [0.3, 0.4) is 0 Å². The number of rotatable bonds is 2. The predicted molar refractivity (Wildman–Crippen MR) is 74.9 cm³/mol. The molecule has 2 aromatic heterocycles. The minimum atomic E-state index is -0.163. The number of aromatic amines is 1. The molecule has 0 bridgehead atoms. The van der Waals surface area contributed by atoms with E-state index in [0.717, 1.165) is 11.3 Å². The van der Waals surface area contributed by atoms with Gasteiger partial charge in [-0.15, -0.1) is 0 Å². The lowest BCUT2D eigenvalue weighted by molar-refractivity contribution is 0.432. The lowest BCUT2D eigenvalue weighted by Crippen LogP contribution is -2.05. The summed E-state index contributed by atoms with van der Waals surface area (Å²) in [7, 11) is 0. The van der Waals surface area contributed by atoms with Gasteiger partial charge >= 0.3 is 0 Å². The number of hydrogen-bond donors (Lipinski definition) is 2. The third-order valence-corrected chi connectivity index (χ3v) is 2.86. The van der Waals surface area contributed by atoms with Crippen molar-refractivity contribution in [3.05, 3.63) is 52.4 Å². The van der Waals surface area contributed by atoms with Gasteiger partial charge in [0.1, 0.15) is 5.56 Å². The fraction of sp³-hybridized carbons (Fsp3) is 0.0714. The van der Waals surface area contributed by atoms with Crippen molar-refractivity contribution < 1.29 is 4.52 Å². The van der Waals surface area contributed by atoms with Crippen molar-refractivity contribution in [2.45, 2.75) is 6.92 Å². The minimum Gasteiger partial charge on any atom is -0.399 e. The van der Waals surface area contributed by atoms with E-state index in [-0.39, 0.29) is 11.3 Å². The Hall–Kier alpha value is -2.89. The fourth-order valence-corrected chi connectivity index (χ4v) is 1.87. The molecule has 20 heavy (non-hydrogen) atoms. The van der Waals surface area contributed by atoms with Gasteiger partial charge in [0, 0.05) is 29.2 Å². The molecule has 6 heteroatoms. The number of anilines is 1. The van der Waals surface area contributed by atoms with Crippen molar-refractivity contribution >= 4 is 5.69 Å². The highest BCUT2D eigenvalue weighted by molar-refractivity contribution is 5.62. The van der Waals surface area contributed by atoms with Gasteiger partial charge in [-0.2, -0.15) is 4.98 Å². The molecule has 3 N–H and O–H groups in total. The summed E-state index contributed by atoms with van der Waals surface area (Å²) in [5.41, 5.74) is 8.02. The van der Waals surface area contributed by atoms with Crippen LogP contribution in [0.5, 0.6) is 0 Å². The van der Waals surface area contributed by atoms with Crippen LogP contribution in [0.2, 0.25) is 0 Å². The summed E-state index contributed by atoms with van der Waals surface area (Å²) in [4.78, 5) is 19.1. The molecule has 0 atom stereocenters. The smallest absolute Gasteiger partial charge is 0.263 e. The molecule has 0 radical (unpaired) electrons. The molecule has 1 aromatic carbocycles. The van der Waals surface area contributed by atoms with Crippen molar-refractivity contribution in [3.8, 4) is 22.8 Å². The van der Waals surface area contributed by atoms with Crippen molar-refractivity contribution in [1.29, 1.82) is 0 Å². The zero-order valence-electron chi connectivity index (χ0n) is 10.8. The van der Waals surface area contributed by atoms with E-state index in [9.17, 15) is 4.79 Å². The molecular formula is C14H12N4O2. The lowest BCUT2D eigenvalue weighted by Gasteiger charge is -1.96. The van der Waals surface area contributed by atoms with E-state index < -0.39 is 0 Å². The van der Waals surface area contributed by atoms with Crippen LogP contribution in [-0.2, 0) is 0 Å². The van der Waals surface area contributed by atoms with E-state index >= 15 is 0 Å². The fourth-order valence-electron chi connectivity index (χ4n) is 1.87. The number of benzene rings is 1. The Labute approximate surface area is 114 Å². The Balaban J connectivity index is 2.04.